The molecule has 0 bridgehead atoms. The number of thiazole rings is 1. The number of aliphatic carboxylic acids is 1. The fourth-order valence-electron chi connectivity index (χ4n) is 3.63. The molecular weight excluding hydrogens is 400 g/mol. The van der Waals surface area contributed by atoms with E-state index in [9.17, 15) is 14.7 Å². The van der Waals surface area contributed by atoms with Gasteiger partial charge in [0.05, 0.1) is 21.7 Å². The van der Waals surface area contributed by atoms with Crippen molar-refractivity contribution in [3.63, 3.8) is 0 Å². The maximum absolute atomic E-state index is 12.6. The number of carbonyl (C=O) groups is 1. The third-order valence-corrected chi connectivity index (χ3v) is 6.22. The second-order valence-corrected chi connectivity index (χ2v) is 7.96. The molecule has 2 aromatic carbocycles. The molecule has 3 heterocycles. The third kappa shape index (κ3) is 3.68. The van der Waals surface area contributed by atoms with Gasteiger partial charge in [-0.2, -0.15) is 0 Å². The van der Waals surface area contributed by atoms with Crippen molar-refractivity contribution in [2.45, 2.75) is 20.3 Å². The zero-order valence-electron chi connectivity index (χ0n) is 16.8. The lowest BCUT2D eigenvalue weighted by Gasteiger charge is -2.18. The van der Waals surface area contributed by atoms with Crippen LogP contribution in [-0.2, 0) is 4.79 Å². The fraction of sp³-hybridized carbons (Fsp3) is 0.261. The maximum atomic E-state index is 12.6. The van der Waals surface area contributed by atoms with Crippen LogP contribution in [0.1, 0.15) is 20.3 Å². The van der Waals surface area contributed by atoms with Gasteiger partial charge in [0.15, 0.2) is 0 Å². The first-order chi connectivity index (χ1) is 14.6. The number of fused-ring (bicyclic) bond motifs is 2. The molecule has 0 amide bonds. The summed E-state index contributed by atoms with van der Waals surface area (Å²) in [5, 5.41) is 10.6. The number of anilines is 1. The van der Waals surface area contributed by atoms with Crippen molar-refractivity contribution < 1.29 is 14.3 Å². The molecule has 0 radical (unpaired) electrons. The van der Waals surface area contributed by atoms with E-state index < -0.39 is 11.6 Å². The number of para-hydroxylation sites is 1. The minimum Gasteiger partial charge on any atom is -0.481 e. The normalized spacial score (nSPS) is 15.9. The predicted octanol–water partition coefficient (Wildman–Crippen LogP) is 5.01. The number of carboxylic acids is 1. The van der Waals surface area contributed by atoms with Crippen LogP contribution in [0.15, 0.2) is 57.7 Å². The van der Waals surface area contributed by atoms with Gasteiger partial charge in [0, 0.05) is 30.2 Å². The Bertz CT molecular complexity index is 1240. The molecule has 0 aliphatic carbocycles. The zero-order valence-corrected chi connectivity index (χ0v) is 17.6. The Morgan fingerprint density at radius 1 is 1.20 bits per heavy atom. The van der Waals surface area contributed by atoms with Crippen molar-refractivity contribution >= 4 is 44.2 Å². The second kappa shape index (κ2) is 8.28. The lowest BCUT2D eigenvalue weighted by Crippen LogP contribution is -2.22. The molecule has 2 aromatic heterocycles. The van der Waals surface area contributed by atoms with Gasteiger partial charge in [-0.15, -0.1) is 11.3 Å². The van der Waals surface area contributed by atoms with E-state index in [4.69, 9.17) is 4.42 Å². The van der Waals surface area contributed by atoms with Gasteiger partial charge in [-0.1, -0.05) is 26.0 Å². The summed E-state index contributed by atoms with van der Waals surface area (Å²) in [5.74, 6) is -1.13. The molecule has 7 heteroatoms. The van der Waals surface area contributed by atoms with Crippen molar-refractivity contribution in [3.8, 4) is 10.6 Å². The number of hydrogen-bond donors (Lipinski definition) is 1. The molecule has 30 heavy (non-hydrogen) atoms. The molecule has 6 nitrogen and oxygen atoms in total. The second-order valence-electron chi connectivity index (χ2n) is 6.93. The lowest BCUT2D eigenvalue weighted by molar-refractivity contribution is -0.140. The summed E-state index contributed by atoms with van der Waals surface area (Å²) in [6.07, 6.45) is 0.619. The van der Waals surface area contributed by atoms with Crippen molar-refractivity contribution in [1.29, 1.82) is 0 Å². The van der Waals surface area contributed by atoms with Crippen LogP contribution in [0.5, 0.6) is 0 Å². The Morgan fingerprint density at radius 3 is 2.73 bits per heavy atom. The van der Waals surface area contributed by atoms with Crippen LogP contribution in [-0.4, -0.2) is 29.1 Å². The van der Waals surface area contributed by atoms with Crippen LogP contribution in [0.25, 0.3) is 31.8 Å². The van der Waals surface area contributed by atoms with Crippen LogP contribution in [0.3, 0.4) is 0 Å². The monoisotopic (exact) mass is 422 g/mol. The molecule has 4 aromatic rings. The minimum absolute atomic E-state index is 0.357. The summed E-state index contributed by atoms with van der Waals surface area (Å²) in [5.41, 5.74) is 2.25. The van der Waals surface area contributed by atoms with E-state index in [1.54, 1.807) is 0 Å². The highest BCUT2D eigenvalue weighted by Gasteiger charge is 2.28. The quantitative estimate of drug-likeness (QED) is 0.468. The number of nitrogens with zero attached hydrogens (tertiary/aromatic N) is 2. The fourth-order valence-corrected chi connectivity index (χ4v) is 4.60. The molecular formula is C23H22N2O4S. The van der Waals surface area contributed by atoms with Crippen LogP contribution < -0.4 is 10.5 Å². The topological polar surface area (TPSA) is 83.6 Å². The Hall–Kier alpha value is -3.19. The van der Waals surface area contributed by atoms with Gasteiger partial charge >= 0.3 is 11.6 Å². The van der Waals surface area contributed by atoms with E-state index in [2.05, 4.69) is 4.98 Å². The zero-order chi connectivity index (χ0) is 21.3. The van der Waals surface area contributed by atoms with Gasteiger partial charge in [0.25, 0.3) is 0 Å². The van der Waals surface area contributed by atoms with Gasteiger partial charge < -0.3 is 14.4 Å². The van der Waals surface area contributed by atoms with E-state index in [1.807, 2.05) is 67.3 Å². The molecule has 0 saturated carbocycles. The molecule has 1 N–H and O–H groups in total. The molecule has 1 aliphatic heterocycles. The van der Waals surface area contributed by atoms with E-state index in [-0.39, 0.29) is 5.92 Å². The Morgan fingerprint density at radius 2 is 2.00 bits per heavy atom. The van der Waals surface area contributed by atoms with Gasteiger partial charge in [-0.25, -0.2) is 9.78 Å². The van der Waals surface area contributed by atoms with Crippen molar-refractivity contribution in [1.82, 2.24) is 4.98 Å². The van der Waals surface area contributed by atoms with Crippen molar-refractivity contribution in [2.75, 3.05) is 18.0 Å². The summed E-state index contributed by atoms with van der Waals surface area (Å²) in [4.78, 5) is 30.3. The van der Waals surface area contributed by atoms with Crippen LogP contribution >= 0.6 is 11.3 Å². The largest absolute Gasteiger partial charge is 0.481 e. The van der Waals surface area contributed by atoms with E-state index >= 15 is 0 Å². The maximum Gasteiger partial charge on any atom is 0.346 e. The first-order valence-electron chi connectivity index (χ1n) is 10.00. The summed E-state index contributed by atoms with van der Waals surface area (Å²) >= 11 is 1.46. The molecule has 1 saturated heterocycles. The molecule has 1 fully saturated rings. The molecule has 1 atom stereocenters. The highest BCUT2D eigenvalue weighted by atomic mass is 32.1. The number of rotatable bonds is 3. The number of carboxylic acid groups (broad SMARTS) is 1. The molecule has 5 rings (SSSR count). The Labute approximate surface area is 177 Å². The van der Waals surface area contributed by atoms with Crippen molar-refractivity contribution in [3.05, 3.63) is 59.0 Å². The van der Waals surface area contributed by atoms with Crippen LogP contribution in [0.2, 0.25) is 0 Å². The number of hydrogen-bond acceptors (Lipinski definition) is 6. The predicted molar refractivity (Wildman–Crippen MR) is 120 cm³/mol. The Kier molecular flexibility index (Phi) is 5.55. The van der Waals surface area contributed by atoms with Gasteiger partial charge in [0.2, 0.25) is 0 Å². The minimum atomic E-state index is -0.768. The van der Waals surface area contributed by atoms with Gasteiger partial charge in [0.1, 0.15) is 10.6 Å². The Balaban J connectivity index is 0.00000106. The van der Waals surface area contributed by atoms with Crippen molar-refractivity contribution in [2.24, 2.45) is 5.92 Å². The SMILES string of the molecule is CC.O=C(O)C1CCN(c2ccc3cc(-c4nc5ccccc5s4)c(=O)oc3c2)C1. The highest BCUT2D eigenvalue weighted by molar-refractivity contribution is 7.21. The average molecular weight is 423 g/mol. The number of aromatic nitrogens is 1. The standard InChI is InChI=1S/C21H16N2O4S.C2H6/c24-20(25)13-7-8-23(11-13)14-6-5-12-9-15(21(26)27-17(12)10-14)19-22-16-3-1-2-4-18(16)28-19;1-2/h1-6,9-10,13H,7-8,11H2,(H,24,25);1-2H3. The molecule has 154 valence electrons. The summed E-state index contributed by atoms with van der Waals surface area (Å²) in [7, 11) is 0. The summed E-state index contributed by atoms with van der Waals surface area (Å²) < 4.78 is 6.61. The molecule has 1 aliphatic rings. The summed E-state index contributed by atoms with van der Waals surface area (Å²) in [6, 6.07) is 15.2. The van der Waals surface area contributed by atoms with Gasteiger partial charge in [-0.05, 0) is 36.8 Å². The average Bonchev–Trinajstić information content (AvgIpc) is 3.42. The van der Waals surface area contributed by atoms with Crippen LogP contribution in [0.4, 0.5) is 5.69 Å². The van der Waals surface area contributed by atoms with Crippen LogP contribution in [0, 0.1) is 5.92 Å². The van der Waals surface area contributed by atoms with E-state index in [0.717, 1.165) is 21.3 Å². The third-order valence-electron chi connectivity index (χ3n) is 5.15. The number of benzene rings is 2. The van der Waals surface area contributed by atoms with E-state index in [0.29, 0.717) is 35.7 Å². The summed E-state index contributed by atoms with van der Waals surface area (Å²) in [6.45, 7) is 5.14. The lowest BCUT2D eigenvalue weighted by atomic mass is 10.1. The molecule has 1 unspecified atom stereocenters. The van der Waals surface area contributed by atoms with Gasteiger partial charge in [-0.3, -0.25) is 4.79 Å². The molecule has 0 spiro atoms. The highest BCUT2D eigenvalue weighted by Crippen LogP contribution is 2.31. The smallest absolute Gasteiger partial charge is 0.346 e. The first-order valence-corrected chi connectivity index (χ1v) is 10.8. The first kappa shape index (κ1) is 20.1. The van der Waals surface area contributed by atoms with E-state index in [1.165, 1.54) is 11.3 Å².